The summed E-state index contributed by atoms with van der Waals surface area (Å²) in [4.78, 5) is 2.61. The van der Waals surface area contributed by atoms with Crippen molar-refractivity contribution in [3.63, 3.8) is 0 Å². The van der Waals surface area contributed by atoms with Gasteiger partial charge in [0.1, 0.15) is 0 Å². The van der Waals surface area contributed by atoms with Crippen molar-refractivity contribution in [3.05, 3.63) is 107 Å². The van der Waals surface area contributed by atoms with Crippen LogP contribution in [0.25, 0.3) is 21.7 Å². The minimum Gasteiger partial charge on any atom is -0.504 e. The van der Waals surface area contributed by atoms with Crippen LogP contribution >= 0.6 is 0 Å². The van der Waals surface area contributed by atoms with Gasteiger partial charge in [-0.15, -0.1) is 0 Å². The first-order valence-electron chi connectivity index (χ1n) is 15.6. The highest BCUT2D eigenvalue weighted by Crippen LogP contribution is 2.69. The first-order valence-corrected chi connectivity index (χ1v) is 15.6. The summed E-state index contributed by atoms with van der Waals surface area (Å²) in [6.07, 6.45) is 4.46. The molecular formula is C37H34N2O3. The van der Waals surface area contributed by atoms with Crippen molar-refractivity contribution in [2.24, 2.45) is 5.92 Å². The largest absolute Gasteiger partial charge is 0.504 e. The summed E-state index contributed by atoms with van der Waals surface area (Å²) in [5.74, 6) is 1.55. The molecule has 5 aliphatic rings. The average molecular weight is 555 g/mol. The molecule has 5 aromatic rings. The minimum atomic E-state index is -0.985. The van der Waals surface area contributed by atoms with Crippen molar-refractivity contribution >= 4 is 21.7 Å². The Morgan fingerprint density at radius 2 is 1.74 bits per heavy atom. The second-order valence-electron chi connectivity index (χ2n) is 13.5. The predicted molar refractivity (Wildman–Crippen MR) is 163 cm³/mol. The number of phenols is 1. The number of rotatable bonds is 4. The Balaban J connectivity index is 1.29. The lowest BCUT2D eigenvalue weighted by Gasteiger charge is -2.63. The Morgan fingerprint density at radius 1 is 0.905 bits per heavy atom. The quantitative estimate of drug-likeness (QED) is 0.276. The fourth-order valence-corrected chi connectivity index (χ4v) is 9.55. The number of aromatic hydroxyl groups is 1. The SMILES string of the molecule is Oc1ccc2c3c1OC1c4c(c5ccc6ccccc6c5n4Cc4ccccc4)CC4(O)[C@@H](C2)N(CC2CC2)CC[C@]314. The van der Waals surface area contributed by atoms with Crippen LogP contribution in [0.5, 0.6) is 11.5 Å². The third-order valence-corrected chi connectivity index (χ3v) is 11.5. The van der Waals surface area contributed by atoms with Crippen LogP contribution in [0.15, 0.2) is 78.9 Å². The monoisotopic (exact) mass is 554 g/mol. The molecule has 3 heterocycles. The fraction of sp³-hybridized carbons (Fsp3) is 0.351. The number of ether oxygens (including phenoxy) is 1. The molecule has 4 atom stereocenters. The van der Waals surface area contributed by atoms with Gasteiger partial charge >= 0.3 is 0 Å². The van der Waals surface area contributed by atoms with Crippen molar-refractivity contribution in [2.75, 3.05) is 13.1 Å². The van der Waals surface area contributed by atoms with E-state index in [1.165, 1.54) is 56.9 Å². The Labute approximate surface area is 245 Å². The van der Waals surface area contributed by atoms with E-state index in [1.807, 2.05) is 0 Å². The fourth-order valence-electron chi connectivity index (χ4n) is 9.55. The maximum atomic E-state index is 13.3. The van der Waals surface area contributed by atoms with Gasteiger partial charge in [-0.05, 0) is 66.3 Å². The highest BCUT2D eigenvalue weighted by atomic mass is 16.5. The molecule has 0 radical (unpaired) electrons. The number of phenolic OH excluding ortho intramolecular Hbond substituents is 1. The number of benzene rings is 4. The lowest BCUT2D eigenvalue weighted by Crippen LogP contribution is -2.74. The Hall–Kier alpha value is -3.80. The number of nitrogens with zero attached hydrogens (tertiary/aromatic N) is 2. The van der Waals surface area contributed by atoms with Crippen LogP contribution < -0.4 is 4.74 Å². The summed E-state index contributed by atoms with van der Waals surface area (Å²) in [6, 6.07) is 27.8. The molecule has 210 valence electrons. The molecule has 2 bridgehead atoms. The molecular weight excluding hydrogens is 520 g/mol. The molecule has 2 N–H and O–H groups in total. The third-order valence-electron chi connectivity index (χ3n) is 11.5. The first kappa shape index (κ1) is 23.7. The van der Waals surface area contributed by atoms with Crippen molar-refractivity contribution in [2.45, 2.75) is 61.8 Å². The molecule has 42 heavy (non-hydrogen) atoms. The van der Waals surface area contributed by atoms with Crippen molar-refractivity contribution < 1.29 is 14.9 Å². The van der Waals surface area contributed by atoms with Crippen LogP contribution in [0.1, 0.15) is 53.3 Å². The normalized spacial score (nSPS) is 29.0. The zero-order valence-corrected chi connectivity index (χ0v) is 23.6. The molecule has 5 heteroatoms. The molecule has 2 aliphatic heterocycles. The van der Waals surface area contributed by atoms with E-state index in [9.17, 15) is 10.2 Å². The average Bonchev–Trinajstić information content (AvgIpc) is 3.68. The van der Waals surface area contributed by atoms with E-state index in [2.05, 4.69) is 82.3 Å². The molecule has 5 nitrogen and oxygen atoms in total. The van der Waals surface area contributed by atoms with Crippen LogP contribution in [0.3, 0.4) is 0 Å². The van der Waals surface area contributed by atoms with Crippen LogP contribution in [0.2, 0.25) is 0 Å². The molecule has 2 fully saturated rings. The topological polar surface area (TPSA) is 57.9 Å². The van der Waals surface area contributed by atoms with Gasteiger partial charge in [0.15, 0.2) is 17.6 Å². The number of fused-ring (bicyclic) bond motifs is 6. The van der Waals surface area contributed by atoms with Gasteiger partial charge in [0, 0.05) is 41.9 Å². The first-order chi connectivity index (χ1) is 20.6. The number of aliphatic hydroxyl groups is 1. The summed E-state index contributed by atoms with van der Waals surface area (Å²) in [5, 5.41) is 28.1. The summed E-state index contributed by atoms with van der Waals surface area (Å²) < 4.78 is 9.49. The smallest absolute Gasteiger partial charge is 0.166 e. The number of likely N-dealkylation sites (tertiary alicyclic amines) is 1. The molecule has 10 rings (SSSR count). The van der Waals surface area contributed by atoms with E-state index in [0.29, 0.717) is 12.2 Å². The molecule has 3 aliphatic carbocycles. The van der Waals surface area contributed by atoms with E-state index >= 15 is 0 Å². The molecule has 0 amide bonds. The number of hydrogen-bond donors (Lipinski definition) is 2. The van der Waals surface area contributed by atoms with E-state index in [-0.39, 0.29) is 17.9 Å². The van der Waals surface area contributed by atoms with Gasteiger partial charge in [-0.25, -0.2) is 0 Å². The van der Waals surface area contributed by atoms with E-state index in [4.69, 9.17) is 4.74 Å². The number of aromatic nitrogens is 1. The van der Waals surface area contributed by atoms with Gasteiger partial charge in [-0.2, -0.15) is 0 Å². The highest BCUT2D eigenvalue weighted by Gasteiger charge is 2.73. The molecule has 4 aromatic carbocycles. The number of piperidine rings is 1. The summed E-state index contributed by atoms with van der Waals surface area (Å²) in [6.45, 7) is 2.75. The van der Waals surface area contributed by atoms with Crippen molar-refractivity contribution in [1.29, 1.82) is 0 Å². The van der Waals surface area contributed by atoms with Gasteiger partial charge in [0.2, 0.25) is 0 Å². The molecule has 1 aromatic heterocycles. The maximum Gasteiger partial charge on any atom is 0.166 e. The van der Waals surface area contributed by atoms with Gasteiger partial charge in [0.25, 0.3) is 0 Å². The Kier molecular flexibility index (Phi) is 4.50. The van der Waals surface area contributed by atoms with Crippen LogP contribution in [0, 0.1) is 5.92 Å². The zero-order valence-electron chi connectivity index (χ0n) is 23.6. The molecule has 2 unspecified atom stereocenters. The van der Waals surface area contributed by atoms with Crippen molar-refractivity contribution in [1.82, 2.24) is 9.47 Å². The zero-order chi connectivity index (χ0) is 27.8. The lowest BCUT2D eigenvalue weighted by molar-refractivity contribution is -0.173. The van der Waals surface area contributed by atoms with Gasteiger partial charge < -0.3 is 19.5 Å². The molecule has 1 saturated carbocycles. The second kappa shape index (κ2) is 7.97. The maximum absolute atomic E-state index is 13.3. The summed E-state index contributed by atoms with van der Waals surface area (Å²) in [5.41, 5.74) is 5.57. The Bertz CT molecular complexity index is 1940. The van der Waals surface area contributed by atoms with Crippen LogP contribution in [0.4, 0.5) is 0 Å². The highest BCUT2D eigenvalue weighted by molar-refractivity contribution is 6.08. The summed E-state index contributed by atoms with van der Waals surface area (Å²) >= 11 is 0. The number of hydrogen-bond acceptors (Lipinski definition) is 4. The van der Waals surface area contributed by atoms with Crippen molar-refractivity contribution in [3.8, 4) is 11.5 Å². The van der Waals surface area contributed by atoms with E-state index in [0.717, 1.165) is 44.0 Å². The van der Waals surface area contributed by atoms with Gasteiger partial charge in [0.05, 0.1) is 22.2 Å². The Morgan fingerprint density at radius 3 is 2.60 bits per heavy atom. The summed E-state index contributed by atoms with van der Waals surface area (Å²) in [7, 11) is 0. The molecule has 1 saturated heterocycles. The van der Waals surface area contributed by atoms with Crippen LogP contribution in [-0.4, -0.2) is 44.4 Å². The van der Waals surface area contributed by atoms with Gasteiger partial charge in [-0.1, -0.05) is 72.8 Å². The van der Waals surface area contributed by atoms with Gasteiger partial charge in [-0.3, -0.25) is 4.90 Å². The molecule has 1 spiro atoms. The predicted octanol–water partition coefficient (Wildman–Crippen LogP) is 6.25. The third kappa shape index (κ3) is 2.82. The second-order valence-corrected chi connectivity index (χ2v) is 13.5. The lowest BCUT2D eigenvalue weighted by atomic mass is 9.49. The van der Waals surface area contributed by atoms with Crippen LogP contribution in [-0.2, 0) is 24.8 Å². The standard InChI is InChI=1S/C37H34N2O3/c40-29-15-13-25-18-30-37(41)19-28-27-14-12-24-8-4-5-9-26(24)32(27)39(21-22-6-2-1-3-7-22)33(28)35-36(37,31(25)34(29)42-35)16-17-38(30)20-23-10-11-23/h1-9,12-15,23,30,35,40-41H,10-11,16-21H2/t30-,35?,36+,37?/m1/s1. The minimum absolute atomic E-state index is 0.0297. The van der Waals surface area contributed by atoms with E-state index < -0.39 is 11.0 Å². The van der Waals surface area contributed by atoms with E-state index in [1.54, 1.807) is 6.07 Å².